The monoisotopic (exact) mass is 323 g/mol. The summed E-state index contributed by atoms with van der Waals surface area (Å²) in [6.45, 7) is 1.74. The van der Waals surface area contributed by atoms with E-state index in [9.17, 15) is 13.2 Å². The van der Waals surface area contributed by atoms with Crippen molar-refractivity contribution in [3.05, 3.63) is 36.0 Å². The van der Waals surface area contributed by atoms with Crippen molar-refractivity contribution in [3.8, 4) is 0 Å². The Kier molecular flexibility index (Phi) is 4.31. The van der Waals surface area contributed by atoms with Gasteiger partial charge < -0.3 is 10.2 Å². The number of nitrogens with zero attached hydrogens (tertiary/aromatic N) is 4. The number of hydrogen-bond donors (Lipinski definition) is 1. The van der Waals surface area contributed by atoms with Crippen molar-refractivity contribution in [3.63, 3.8) is 0 Å². The number of anilines is 3. The van der Waals surface area contributed by atoms with E-state index < -0.39 is 11.7 Å². The Morgan fingerprint density at radius 2 is 1.78 bits per heavy atom. The van der Waals surface area contributed by atoms with E-state index in [0.717, 1.165) is 32.0 Å². The maximum Gasteiger partial charge on any atom is 0.418 e. The Bertz CT molecular complexity index is 668. The molecule has 5 nitrogen and oxygen atoms in total. The van der Waals surface area contributed by atoms with Gasteiger partial charge in [-0.05, 0) is 31.4 Å². The first-order chi connectivity index (χ1) is 11.0. The van der Waals surface area contributed by atoms with Crippen molar-refractivity contribution in [2.75, 3.05) is 23.3 Å². The van der Waals surface area contributed by atoms with Gasteiger partial charge in [-0.1, -0.05) is 12.1 Å². The van der Waals surface area contributed by atoms with Gasteiger partial charge in [0.05, 0.1) is 17.4 Å². The quantitative estimate of drug-likeness (QED) is 0.935. The van der Waals surface area contributed by atoms with Crippen LogP contribution < -0.4 is 10.2 Å². The molecule has 0 spiro atoms. The van der Waals surface area contributed by atoms with E-state index in [0.29, 0.717) is 5.82 Å². The molecule has 0 radical (unpaired) electrons. The van der Waals surface area contributed by atoms with E-state index >= 15 is 0 Å². The van der Waals surface area contributed by atoms with Crippen LogP contribution in [0.1, 0.15) is 24.8 Å². The van der Waals surface area contributed by atoms with Gasteiger partial charge >= 0.3 is 6.18 Å². The number of hydrogen-bond acceptors (Lipinski definition) is 5. The van der Waals surface area contributed by atoms with E-state index in [4.69, 9.17) is 0 Å². The number of nitrogens with one attached hydrogen (secondary N) is 1. The lowest BCUT2D eigenvalue weighted by Gasteiger charge is -2.27. The predicted molar refractivity (Wildman–Crippen MR) is 80.6 cm³/mol. The Hall–Kier alpha value is -2.38. The van der Waals surface area contributed by atoms with Gasteiger partial charge in [0.1, 0.15) is 0 Å². The fraction of sp³-hybridized carbons (Fsp3) is 0.400. The molecular formula is C15H16F3N5. The SMILES string of the molecule is FC(F)(F)c1ccccc1Nc1nncc(N2CCCCC2)n1. The predicted octanol–water partition coefficient (Wildman–Crippen LogP) is 3.62. The molecule has 3 rings (SSSR count). The van der Waals surface area contributed by atoms with E-state index in [2.05, 4.69) is 25.4 Å². The van der Waals surface area contributed by atoms with E-state index in [1.54, 1.807) is 0 Å². The fourth-order valence-electron chi connectivity index (χ4n) is 2.58. The van der Waals surface area contributed by atoms with Gasteiger partial charge in [0.2, 0.25) is 5.95 Å². The van der Waals surface area contributed by atoms with Gasteiger partial charge in [-0.15, -0.1) is 5.10 Å². The molecule has 2 aromatic rings. The Labute approximate surface area is 131 Å². The van der Waals surface area contributed by atoms with Crippen molar-refractivity contribution in [2.24, 2.45) is 0 Å². The van der Waals surface area contributed by atoms with Crippen LogP contribution in [-0.2, 0) is 6.18 Å². The third kappa shape index (κ3) is 3.69. The van der Waals surface area contributed by atoms with Gasteiger partial charge in [-0.3, -0.25) is 0 Å². The molecule has 0 aliphatic carbocycles. The van der Waals surface area contributed by atoms with Crippen LogP contribution in [0, 0.1) is 0 Å². The minimum atomic E-state index is -4.44. The lowest BCUT2D eigenvalue weighted by atomic mass is 10.1. The van der Waals surface area contributed by atoms with Crippen LogP contribution in [0.3, 0.4) is 0 Å². The average Bonchev–Trinajstić information content (AvgIpc) is 2.55. The summed E-state index contributed by atoms with van der Waals surface area (Å²) in [4.78, 5) is 6.36. The molecule has 23 heavy (non-hydrogen) atoms. The molecule has 1 aromatic heterocycles. The highest BCUT2D eigenvalue weighted by molar-refractivity contribution is 5.60. The van der Waals surface area contributed by atoms with Crippen LogP contribution in [0.2, 0.25) is 0 Å². The molecule has 1 aromatic carbocycles. The van der Waals surface area contributed by atoms with E-state index in [1.807, 2.05) is 0 Å². The van der Waals surface area contributed by atoms with Crippen LogP contribution in [-0.4, -0.2) is 28.3 Å². The molecule has 1 N–H and O–H groups in total. The van der Waals surface area contributed by atoms with Crippen molar-refractivity contribution in [2.45, 2.75) is 25.4 Å². The van der Waals surface area contributed by atoms with Gasteiger partial charge in [0, 0.05) is 13.1 Å². The Morgan fingerprint density at radius 1 is 1.04 bits per heavy atom. The third-order valence-electron chi connectivity index (χ3n) is 3.71. The lowest BCUT2D eigenvalue weighted by Crippen LogP contribution is -2.30. The zero-order valence-electron chi connectivity index (χ0n) is 12.3. The summed E-state index contributed by atoms with van der Waals surface area (Å²) in [5, 5.41) is 10.3. The minimum Gasteiger partial charge on any atom is -0.355 e. The normalized spacial score (nSPS) is 15.5. The van der Waals surface area contributed by atoms with Crippen LogP contribution in [0.25, 0.3) is 0 Å². The molecule has 0 bridgehead atoms. The highest BCUT2D eigenvalue weighted by atomic mass is 19.4. The second-order valence-corrected chi connectivity index (χ2v) is 5.35. The first-order valence-electron chi connectivity index (χ1n) is 7.42. The summed E-state index contributed by atoms with van der Waals surface area (Å²) in [6, 6.07) is 5.24. The second kappa shape index (κ2) is 6.39. The molecule has 1 aliphatic rings. The number of benzene rings is 1. The number of piperidine rings is 1. The maximum absolute atomic E-state index is 13.0. The standard InChI is InChI=1S/C15H16F3N5/c16-15(17,18)11-6-2-3-7-12(11)20-14-21-13(10-19-22-14)23-8-4-1-5-9-23/h2-3,6-7,10H,1,4-5,8-9H2,(H,20,21,22). The molecule has 1 fully saturated rings. The molecule has 8 heteroatoms. The molecule has 0 amide bonds. The highest BCUT2D eigenvalue weighted by Gasteiger charge is 2.33. The van der Waals surface area contributed by atoms with Crippen LogP contribution in [0.5, 0.6) is 0 Å². The first kappa shape index (κ1) is 15.5. The summed E-state index contributed by atoms with van der Waals surface area (Å²) in [5.41, 5.74) is -0.843. The van der Waals surface area contributed by atoms with Crippen LogP contribution >= 0.6 is 0 Å². The number of aromatic nitrogens is 3. The molecule has 2 heterocycles. The minimum absolute atomic E-state index is 0.0600. The molecule has 1 aliphatic heterocycles. The summed E-state index contributed by atoms with van der Waals surface area (Å²) in [5.74, 6) is 0.691. The van der Waals surface area contributed by atoms with Gasteiger partial charge in [0.25, 0.3) is 0 Å². The summed E-state index contributed by atoms with van der Waals surface area (Å²) in [6.07, 6.45) is 0.417. The van der Waals surface area contributed by atoms with Crippen LogP contribution in [0.15, 0.2) is 30.5 Å². The zero-order valence-corrected chi connectivity index (χ0v) is 12.3. The molecule has 1 saturated heterocycles. The number of halogens is 3. The fourth-order valence-corrected chi connectivity index (χ4v) is 2.58. The summed E-state index contributed by atoms with van der Waals surface area (Å²) < 4.78 is 39.0. The Morgan fingerprint density at radius 3 is 2.52 bits per heavy atom. The van der Waals surface area contributed by atoms with Crippen molar-refractivity contribution < 1.29 is 13.2 Å². The topological polar surface area (TPSA) is 53.9 Å². The molecule has 0 unspecified atom stereocenters. The van der Waals surface area contributed by atoms with Crippen LogP contribution in [0.4, 0.5) is 30.6 Å². The van der Waals surface area contributed by atoms with Crippen molar-refractivity contribution in [1.82, 2.24) is 15.2 Å². The van der Waals surface area contributed by atoms with E-state index in [-0.39, 0.29) is 11.6 Å². The molecule has 0 saturated carbocycles. The van der Waals surface area contributed by atoms with Gasteiger partial charge in [0.15, 0.2) is 5.82 Å². The van der Waals surface area contributed by atoms with Crippen molar-refractivity contribution in [1.29, 1.82) is 0 Å². The molecular weight excluding hydrogens is 307 g/mol. The summed E-state index contributed by atoms with van der Waals surface area (Å²) in [7, 11) is 0. The highest BCUT2D eigenvalue weighted by Crippen LogP contribution is 2.35. The number of rotatable bonds is 3. The average molecular weight is 323 g/mol. The third-order valence-corrected chi connectivity index (χ3v) is 3.71. The number of para-hydroxylation sites is 1. The summed E-state index contributed by atoms with van der Waals surface area (Å²) >= 11 is 0. The number of alkyl halides is 3. The van der Waals surface area contributed by atoms with Gasteiger partial charge in [-0.25, -0.2) is 0 Å². The largest absolute Gasteiger partial charge is 0.418 e. The second-order valence-electron chi connectivity index (χ2n) is 5.35. The van der Waals surface area contributed by atoms with Crippen molar-refractivity contribution >= 4 is 17.5 Å². The smallest absolute Gasteiger partial charge is 0.355 e. The first-order valence-corrected chi connectivity index (χ1v) is 7.42. The molecule has 122 valence electrons. The molecule has 0 atom stereocenters. The lowest BCUT2D eigenvalue weighted by molar-refractivity contribution is -0.136. The Balaban J connectivity index is 1.84. The maximum atomic E-state index is 13.0. The zero-order chi connectivity index (χ0) is 16.3. The van der Waals surface area contributed by atoms with E-state index in [1.165, 1.54) is 30.8 Å². The van der Waals surface area contributed by atoms with Gasteiger partial charge in [-0.2, -0.15) is 23.3 Å².